The van der Waals surface area contributed by atoms with Crippen molar-refractivity contribution in [2.24, 2.45) is 11.8 Å². The molecule has 0 spiro atoms. The van der Waals surface area contributed by atoms with Gasteiger partial charge in [-0.15, -0.1) is 25.0 Å². The molecule has 0 aromatic heterocycles. The fourth-order valence-corrected chi connectivity index (χ4v) is 14.3. The number of fused-ring (bicyclic) bond motifs is 2. The molecule has 5 nitrogen and oxygen atoms in total. The summed E-state index contributed by atoms with van der Waals surface area (Å²) in [6.45, 7) is 15.5. The van der Waals surface area contributed by atoms with E-state index in [1.54, 1.807) is 0 Å². The Labute approximate surface area is 452 Å². The summed E-state index contributed by atoms with van der Waals surface area (Å²) < 4.78 is 25.3. The first-order chi connectivity index (χ1) is 33.3. The van der Waals surface area contributed by atoms with Gasteiger partial charge in [0.1, 0.15) is 0 Å². The van der Waals surface area contributed by atoms with E-state index in [1.165, 1.54) is 153 Å². The van der Waals surface area contributed by atoms with Crippen molar-refractivity contribution in [3.05, 3.63) is 179 Å². The topological polar surface area (TPSA) is 66.5 Å². The van der Waals surface area contributed by atoms with Crippen molar-refractivity contribution in [1.82, 2.24) is 10.2 Å². The molecule has 1 N–H and O–H groups in total. The van der Waals surface area contributed by atoms with Crippen molar-refractivity contribution in [3.8, 4) is 0 Å². The van der Waals surface area contributed by atoms with Gasteiger partial charge in [-0.2, -0.15) is 0 Å². The van der Waals surface area contributed by atoms with Gasteiger partial charge >= 0.3 is 10.6 Å². The maximum absolute atomic E-state index is 8.44. The highest BCUT2D eigenvalue weighted by atomic mass is 79.9. The molecule has 2 aliphatic carbocycles. The Balaban J connectivity index is 0.000000208. The molecule has 71 heavy (non-hydrogen) atoms. The second-order valence-electron chi connectivity index (χ2n) is 19.7. The average Bonchev–Trinajstić information content (AvgIpc) is 3.36. The standard InChI is InChI=1S/2C21H21S.C10H19N.C9H17N.BrH.ClH.O3S/c2*1-16-4-10-19(11-5-16)22(20-12-6-17(2)7-13-20)21-14-8-18(3)9-15-21;1-11-8-4-6-9-5-2-3-7-10(9)11;1-2-6-9-8(4-1)5-3-7-10-9;;;1-4(2)3/h2*4-15H,1-3H3;9-10H,2-8H2,1H3;8-10H,1-7H2;2*1H;/q2*+1;;;;;/p-1. The molecule has 0 bridgehead atoms. The van der Waals surface area contributed by atoms with E-state index in [-0.39, 0.29) is 51.2 Å². The Morgan fingerprint density at radius 2 is 0.676 bits per heavy atom. The summed E-state index contributed by atoms with van der Waals surface area (Å²) in [5.74, 6) is 2.10. The van der Waals surface area contributed by atoms with Crippen LogP contribution < -0.4 is 22.3 Å². The van der Waals surface area contributed by atoms with Crippen LogP contribution in [0.4, 0.5) is 0 Å². The third kappa shape index (κ3) is 19.3. The quantitative estimate of drug-likeness (QED) is 0.168. The van der Waals surface area contributed by atoms with Crippen molar-refractivity contribution in [2.45, 2.75) is 160 Å². The summed E-state index contributed by atoms with van der Waals surface area (Å²) in [5, 5.41) is 3.62. The molecule has 4 aliphatic rings. The van der Waals surface area contributed by atoms with Gasteiger partial charge in [-0.3, -0.25) is 0 Å². The molecular formula is C61H79BrClN2O3S3+. The highest BCUT2D eigenvalue weighted by Crippen LogP contribution is 2.36. The van der Waals surface area contributed by atoms with Crippen molar-refractivity contribution in [2.75, 3.05) is 20.1 Å². The van der Waals surface area contributed by atoms with E-state index in [0.29, 0.717) is 0 Å². The van der Waals surface area contributed by atoms with E-state index in [2.05, 4.69) is 204 Å². The van der Waals surface area contributed by atoms with Crippen LogP contribution in [0.2, 0.25) is 0 Å². The molecule has 2 saturated heterocycles. The van der Waals surface area contributed by atoms with Crippen LogP contribution in [0.1, 0.15) is 110 Å². The summed E-state index contributed by atoms with van der Waals surface area (Å²) in [7, 11) is -0.882. The first-order valence-electron chi connectivity index (χ1n) is 25.4. The van der Waals surface area contributed by atoms with Gasteiger partial charge in [0.2, 0.25) is 0 Å². The number of halogens is 2. The largest absolute Gasteiger partial charge is 1.00 e. The predicted molar refractivity (Wildman–Crippen MR) is 299 cm³/mol. The zero-order valence-electron chi connectivity index (χ0n) is 43.2. The molecule has 4 unspecified atom stereocenters. The van der Waals surface area contributed by atoms with Crippen LogP contribution in [0.25, 0.3) is 0 Å². The molecule has 2 heterocycles. The van der Waals surface area contributed by atoms with Gasteiger partial charge in [-0.1, -0.05) is 132 Å². The van der Waals surface area contributed by atoms with Crippen molar-refractivity contribution < 1.29 is 29.6 Å². The normalized spacial score (nSPS) is 19.1. The lowest BCUT2D eigenvalue weighted by molar-refractivity contribution is -0.0000181. The van der Waals surface area contributed by atoms with Gasteiger partial charge in [-0.25, -0.2) is 0 Å². The highest BCUT2D eigenvalue weighted by Gasteiger charge is 2.32. The number of nitrogens with zero attached hydrogens (tertiary/aromatic N) is 1. The molecule has 4 fully saturated rings. The van der Waals surface area contributed by atoms with Crippen LogP contribution in [0.5, 0.6) is 0 Å². The zero-order chi connectivity index (χ0) is 49.1. The number of rotatable bonds is 6. The number of hydrogen-bond acceptors (Lipinski definition) is 5. The monoisotopic (exact) mass is 1100 g/mol. The molecule has 10 heteroatoms. The van der Waals surface area contributed by atoms with Gasteiger partial charge in [0, 0.05) is 12.1 Å². The first-order valence-corrected chi connectivity index (χ1v) is 28.9. The van der Waals surface area contributed by atoms with Crippen LogP contribution >= 0.6 is 12.4 Å². The maximum Gasteiger partial charge on any atom is 0.425 e. The van der Waals surface area contributed by atoms with Crippen LogP contribution in [0.15, 0.2) is 175 Å². The van der Waals surface area contributed by atoms with E-state index < -0.39 is 10.6 Å². The van der Waals surface area contributed by atoms with E-state index in [9.17, 15) is 0 Å². The molecule has 382 valence electrons. The molecule has 2 aliphatic heterocycles. The minimum Gasteiger partial charge on any atom is -1.00 e. The fraction of sp³-hybridized carbons (Fsp3) is 0.410. The van der Waals surface area contributed by atoms with Gasteiger partial charge in [0.15, 0.2) is 29.4 Å². The van der Waals surface area contributed by atoms with Crippen molar-refractivity contribution >= 4 is 44.8 Å². The van der Waals surface area contributed by atoms with Gasteiger partial charge in [0.25, 0.3) is 0 Å². The SMILES string of the molecule is C1CCC2NCCCC2C1.CN1CCCC2CCCCC21.Cc1ccc([S+](c2ccc(C)cc2)c2ccc(C)cc2)cc1.Cc1ccc([S+](c2ccc(C)cc2)c2ccc(C)cc2)cc1.Cl.O=S(=O)=O.[Br-]. The first kappa shape index (κ1) is 59.9. The molecule has 0 amide bonds. The van der Waals surface area contributed by atoms with E-state index in [1.807, 2.05) is 0 Å². The highest BCUT2D eigenvalue weighted by molar-refractivity contribution is 7.97. The zero-order valence-corrected chi connectivity index (χ0v) is 48.1. The lowest BCUT2D eigenvalue weighted by Crippen LogP contribution is -3.00. The van der Waals surface area contributed by atoms with Crippen LogP contribution in [0.3, 0.4) is 0 Å². The number of aryl methyl sites for hydroxylation is 6. The van der Waals surface area contributed by atoms with Crippen LogP contribution in [0, 0.1) is 53.4 Å². The molecule has 0 radical (unpaired) electrons. The fourth-order valence-electron chi connectivity index (χ4n) is 10.2. The minimum absolute atomic E-state index is 0. The molecule has 10 rings (SSSR count). The number of hydrogen-bond donors (Lipinski definition) is 1. The summed E-state index contributed by atoms with van der Waals surface area (Å²) in [5.41, 5.74) is 7.83. The Morgan fingerprint density at radius 1 is 0.408 bits per heavy atom. The number of likely N-dealkylation sites (tertiary alicyclic amines) is 1. The summed E-state index contributed by atoms with van der Waals surface area (Å²) in [4.78, 5) is 10.8. The molecule has 2 saturated carbocycles. The second kappa shape index (κ2) is 31.2. The van der Waals surface area contributed by atoms with Crippen LogP contribution in [-0.2, 0) is 32.4 Å². The molecule has 4 atom stereocenters. The molecule has 6 aromatic carbocycles. The van der Waals surface area contributed by atoms with E-state index >= 15 is 0 Å². The van der Waals surface area contributed by atoms with Gasteiger partial charge < -0.3 is 27.2 Å². The van der Waals surface area contributed by atoms with Crippen molar-refractivity contribution in [3.63, 3.8) is 0 Å². The van der Waals surface area contributed by atoms with Gasteiger partial charge in [0.05, 0.1) is 21.8 Å². The molecular weight excluding hydrogens is 1020 g/mol. The Kier molecular flexibility index (Phi) is 26.3. The second-order valence-corrected chi connectivity index (χ2v) is 24.1. The number of nitrogens with one attached hydrogen (secondary N) is 1. The smallest absolute Gasteiger partial charge is 0.425 e. The minimum atomic E-state index is -3.11. The average molecular weight is 1100 g/mol. The number of piperidine rings is 2. The van der Waals surface area contributed by atoms with E-state index in [4.69, 9.17) is 12.6 Å². The third-order valence-electron chi connectivity index (χ3n) is 14.1. The number of benzene rings is 6. The summed E-state index contributed by atoms with van der Waals surface area (Å²) >= 11 is 0. The molecule has 6 aromatic rings. The lowest BCUT2D eigenvalue weighted by Gasteiger charge is -2.42. The van der Waals surface area contributed by atoms with E-state index in [0.717, 1.165) is 23.9 Å². The third-order valence-corrected chi connectivity index (χ3v) is 18.6. The Bertz CT molecular complexity index is 2160. The maximum atomic E-state index is 8.44. The van der Waals surface area contributed by atoms with Crippen LogP contribution in [-0.4, -0.2) is 49.7 Å². The Morgan fingerprint density at radius 3 is 0.986 bits per heavy atom. The summed E-state index contributed by atoms with van der Waals surface area (Å²) in [6, 6.07) is 55.5. The predicted octanol–water partition coefficient (Wildman–Crippen LogP) is 12.0. The Hall–Kier alpha value is -3.67. The summed E-state index contributed by atoms with van der Waals surface area (Å²) in [6.07, 6.45) is 17.7. The van der Waals surface area contributed by atoms with Gasteiger partial charge in [-0.05, 0) is 198 Å². The van der Waals surface area contributed by atoms with Crippen molar-refractivity contribution in [1.29, 1.82) is 0 Å². The lowest BCUT2D eigenvalue weighted by atomic mass is 9.79.